The fourth-order valence-corrected chi connectivity index (χ4v) is 6.59. The number of pyridine rings is 1. The zero-order valence-electron chi connectivity index (χ0n) is 27.1. The van der Waals surface area contributed by atoms with Gasteiger partial charge in [0.1, 0.15) is 41.2 Å². The van der Waals surface area contributed by atoms with Crippen molar-refractivity contribution in [1.29, 1.82) is 0 Å². The number of nitrogens with zero attached hydrogens (tertiary/aromatic N) is 2. The molecule has 3 heterocycles. The first-order valence-corrected chi connectivity index (χ1v) is 15.8. The lowest BCUT2D eigenvalue weighted by atomic mass is 9.92. The lowest BCUT2D eigenvalue weighted by Crippen LogP contribution is -2.49. The second-order valence-corrected chi connectivity index (χ2v) is 12.7. The van der Waals surface area contributed by atoms with Crippen LogP contribution in [-0.2, 0) is 22.2 Å². The van der Waals surface area contributed by atoms with Crippen molar-refractivity contribution in [2.24, 2.45) is 0 Å². The Kier molecular flexibility index (Phi) is 9.44. The van der Waals surface area contributed by atoms with Gasteiger partial charge >= 0.3 is 12.1 Å². The van der Waals surface area contributed by atoms with Crippen molar-refractivity contribution in [2.75, 3.05) is 19.6 Å². The number of carboxylic acids is 1. The highest BCUT2D eigenvalue weighted by atomic mass is 19.4. The molecule has 2 aliphatic rings. The van der Waals surface area contributed by atoms with Crippen molar-refractivity contribution >= 4 is 11.9 Å². The number of rotatable bonds is 6. The maximum Gasteiger partial charge on any atom is 0.416 e. The number of alkyl halides is 4. The van der Waals surface area contributed by atoms with Gasteiger partial charge < -0.3 is 15.2 Å². The Labute approximate surface area is 286 Å². The SMILES string of the molecule is Cc1cc2cc(c1F)[C@H](CC(=O)O)NC(=O)C(n1cc(CCN3CC(F)C3)c(C(F)(F)F)cc1=O)c1cc(ccc1F)Oc1cc(F)cc(C)c1-2. The summed E-state index contributed by atoms with van der Waals surface area (Å²) in [6, 6.07) is 4.47. The topological polar surface area (TPSA) is 101 Å². The molecule has 6 rings (SSSR count). The Hall–Kier alpha value is -5.18. The third-order valence-corrected chi connectivity index (χ3v) is 9.00. The largest absolute Gasteiger partial charge is 0.481 e. The van der Waals surface area contributed by atoms with Gasteiger partial charge in [0.15, 0.2) is 0 Å². The molecule has 1 amide bonds. The van der Waals surface area contributed by atoms with Gasteiger partial charge in [-0.15, -0.1) is 0 Å². The number of ether oxygens (including phenoxy) is 1. The van der Waals surface area contributed by atoms with E-state index in [2.05, 4.69) is 5.32 Å². The van der Waals surface area contributed by atoms with Gasteiger partial charge in [0.25, 0.3) is 5.56 Å². The molecule has 51 heavy (non-hydrogen) atoms. The number of likely N-dealkylation sites (tertiary alicyclic amines) is 1. The molecule has 1 aromatic heterocycles. The van der Waals surface area contributed by atoms with Gasteiger partial charge in [0.2, 0.25) is 5.91 Å². The van der Waals surface area contributed by atoms with Gasteiger partial charge in [0, 0.05) is 54.7 Å². The predicted molar refractivity (Wildman–Crippen MR) is 170 cm³/mol. The van der Waals surface area contributed by atoms with Crippen LogP contribution in [0.1, 0.15) is 51.9 Å². The number of aromatic nitrogens is 1. The standard InChI is InChI=1S/C36H30F7N3O5/c1-17-8-21(37)10-29-32(17)20-7-18(2)33(40)25(9-20)28(13-31(48)49)44-35(50)34(24-11-23(51-29)3-4-27(24)39)46-14-19(5-6-45-15-22(38)16-45)26(12-30(46)47)36(41,42)43/h3-4,7-12,14,22,28,34H,5-6,13,15-16H2,1-2H3,(H,44,50)(H,48,49)/t28-,34?/m0/s1. The number of aryl methyl sites for hydroxylation is 2. The Morgan fingerprint density at radius 2 is 1.71 bits per heavy atom. The number of nitrogens with one attached hydrogen (secondary N) is 1. The molecule has 8 nitrogen and oxygen atoms in total. The fourth-order valence-electron chi connectivity index (χ4n) is 6.59. The van der Waals surface area contributed by atoms with Gasteiger partial charge in [-0.25, -0.2) is 17.6 Å². The summed E-state index contributed by atoms with van der Waals surface area (Å²) in [7, 11) is 0. The number of carbonyl (C=O) groups is 2. The van der Waals surface area contributed by atoms with E-state index >= 15 is 8.78 Å². The molecule has 1 saturated heterocycles. The van der Waals surface area contributed by atoms with Crippen molar-refractivity contribution in [1.82, 2.24) is 14.8 Å². The molecule has 0 radical (unpaired) electrons. The maximum absolute atomic E-state index is 15.9. The van der Waals surface area contributed by atoms with Crippen LogP contribution in [0.4, 0.5) is 30.7 Å². The summed E-state index contributed by atoms with van der Waals surface area (Å²) in [4.78, 5) is 41.4. The quantitative estimate of drug-likeness (QED) is 0.213. The van der Waals surface area contributed by atoms with Crippen LogP contribution in [0, 0.1) is 31.3 Å². The van der Waals surface area contributed by atoms with E-state index in [0.717, 1.165) is 30.5 Å². The number of benzene rings is 3. The van der Waals surface area contributed by atoms with E-state index in [1.165, 1.54) is 25.1 Å². The summed E-state index contributed by atoms with van der Waals surface area (Å²) in [6.45, 7) is 2.91. The number of hydrogen-bond donors (Lipinski definition) is 2. The molecule has 0 aliphatic carbocycles. The molecule has 2 aliphatic heterocycles. The van der Waals surface area contributed by atoms with Crippen molar-refractivity contribution < 1.29 is 50.2 Å². The van der Waals surface area contributed by atoms with Crippen LogP contribution in [0.25, 0.3) is 11.1 Å². The van der Waals surface area contributed by atoms with E-state index < -0.39 is 82.4 Å². The highest BCUT2D eigenvalue weighted by Gasteiger charge is 2.38. The molecule has 0 saturated carbocycles. The summed E-state index contributed by atoms with van der Waals surface area (Å²) in [5, 5.41) is 12.2. The number of halogens is 7. The molecule has 1 fully saturated rings. The average molecular weight is 718 g/mol. The number of carboxylic acid groups (broad SMARTS) is 1. The van der Waals surface area contributed by atoms with E-state index in [0.29, 0.717) is 10.1 Å². The van der Waals surface area contributed by atoms with E-state index in [1.807, 2.05) is 0 Å². The van der Waals surface area contributed by atoms with E-state index in [-0.39, 0.29) is 65.9 Å². The predicted octanol–water partition coefficient (Wildman–Crippen LogP) is 6.79. The van der Waals surface area contributed by atoms with Crippen LogP contribution in [0.5, 0.6) is 11.5 Å². The van der Waals surface area contributed by atoms with E-state index in [9.17, 15) is 41.4 Å². The summed E-state index contributed by atoms with van der Waals surface area (Å²) >= 11 is 0. The fraction of sp³-hybridized carbons (Fsp3) is 0.306. The van der Waals surface area contributed by atoms with Crippen molar-refractivity contribution in [3.8, 4) is 22.6 Å². The molecule has 3 aromatic carbocycles. The number of hydrogen-bond acceptors (Lipinski definition) is 5. The lowest BCUT2D eigenvalue weighted by molar-refractivity contribution is -0.139. The van der Waals surface area contributed by atoms with Crippen LogP contribution in [0.3, 0.4) is 0 Å². The van der Waals surface area contributed by atoms with Crippen LogP contribution < -0.4 is 15.6 Å². The number of carbonyl (C=O) groups excluding carboxylic acids is 1. The second kappa shape index (κ2) is 13.5. The average Bonchev–Trinajstić information content (AvgIpc) is 3.01. The minimum atomic E-state index is -5.01. The first-order chi connectivity index (χ1) is 24.0. The van der Waals surface area contributed by atoms with Crippen LogP contribution in [0.2, 0.25) is 0 Å². The smallest absolute Gasteiger partial charge is 0.416 e. The highest BCUT2D eigenvalue weighted by molar-refractivity contribution is 5.85. The highest BCUT2D eigenvalue weighted by Crippen LogP contribution is 2.41. The summed E-state index contributed by atoms with van der Waals surface area (Å²) in [5.74, 6) is -5.73. The normalized spacial score (nSPS) is 18.0. The van der Waals surface area contributed by atoms with E-state index in [4.69, 9.17) is 4.74 Å². The second-order valence-electron chi connectivity index (χ2n) is 12.7. The Morgan fingerprint density at radius 3 is 2.37 bits per heavy atom. The number of fused-ring (bicyclic) bond motifs is 6. The Bertz CT molecular complexity index is 2110. The number of aliphatic carboxylic acids is 1. The van der Waals surface area contributed by atoms with Crippen LogP contribution in [-0.4, -0.2) is 52.3 Å². The molecule has 2 atom stereocenters. The zero-order valence-corrected chi connectivity index (χ0v) is 27.1. The third kappa shape index (κ3) is 7.20. The zero-order chi connectivity index (χ0) is 36.9. The van der Waals surface area contributed by atoms with Crippen LogP contribution in [0.15, 0.2) is 59.5 Å². The molecule has 4 bridgehead atoms. The first-order valence-electron chi connectivity index (χ1n) is 15.8. The molecule has 4 aromatic rings. The van der Waals surface area contributed by atoms with Crippen molar-refractivity contribution in [3.63, 3.8) is 0 Å². The minimum Gasteiger partial charge on any atom is -0.481 e. The third-order valence-electron chi connectivity index (χ3n) is 9.00. The lowest BCUT2D eigenvalue weighted by Gasteiger charge is -2.34. The molecular weight excluding hydrogens is 687 g/mol. The summed E-state index contributed by atoms with van der Waals surface area (Å²) in [6.07, 6.45) is -6.61. The maximum atomic E-state index is 15.9. The molecule has 0 spiro atoms. The number of amides is 1. The Morgan fingerprint density at radius 1 is 0.980 bits per heavy atom. The Balaban J connectivity index is 1.59. The van der Waals surface area contributed by atoms with Gasteiger partial charge in [-0.2, -0.15) is 13.2 Å². The first kappa shape index (κ1) is 35.6. The molecule has 1 unspecified atom stereocenters. The van der Waals surface area contributed by atoms with Gasteiger partial charge in [-0.05, 0) is 78.9 Å². The van der Waals surface area contributed by atoms with Gasteiger partial charge in [-0.3, -0.25) is 23.9 Å². The molecular formula is C36H30F7N3O5. The molecule has 268 valence electrons. The van der Waals surface area contributed by atoms with Gasteiger partial charge in [-0.1, -0.05) is 0 Å². The van der Waals surface area contributed by atoms with Gasteiger partial charge in [0.05, 0.1) is 18.0 Å². The molecule has 15 heteroatoms. The summed E-state index contributed by atoms with van der Waals surface area (Å²) in [5.41, 5.74) is -3.13. The van der Waals surface area contributed by atoms with Crippen molar-refractivity contribution in [2.45, 2.75) is 51.1 Å². The van der Waals surface area contributed by atoms with Crippen molar-refractivity contribution in [3.05, 3.63) is 116 Å². The monoisotopic (exact) mass is 717 g/mol. The summed E-state index contributed by atoms with van der Waals surface area (Å²) < 4.78 is 109. The van der Waals surface area contributed by atoms with E-state index in [1.54, 1.807) is 11.8 Å². The van der Waals surface area contributed by atoms with Crippen LogP contribution >= 0.6 is 0 Å². The molecule has 2 N–H and O–H groups in total. The minimum absolute atomic E-state index is 0.00121.